The van der Waals surface area contributed by atoms with Crippen LogP contribution in [0.1, 0.15) is 38.3 Å². The Bertz CT molecular complexity index is 405. The van der Waals surface area contributed by atoms with Gasteiger partial charge in [0.2, 0.25) is 0 Å². The average molecular weight is 205 g/mol. The van der Waals surface area contributed by atoms with Gasteiger partial charge in [-0.05, 0) is 0 Å². The van der Waals surface area contributed by atoms with Gasteiger partial charge in [-0.3, -0.25) is 9.98 Å². The van der Waals surface area contributed by atoms with Crippen LogP contribution in [0.3, 0.4) is 0 Å². The fraction of sp³-hybridized carbons (Fsp3) is 0.500. The molecule has 1 aromatic heterocycles. The van der Waals surface area contributed by atoms with E-state index in [1.165, 1.54) is 0 Å². The molecule has 0 radical (unpaired) electrons. The van der Waals surface area contributed by atoms with E-state index in [-0.39, 0.29) is 5.41 Å². The minimum atomic E-state index is -0.400. The summed E-state index contributed by atoms with van der Waals surface area (Å²) in [6, 6.07) is 0. The van der Waals surface area contributed by atoms with Crippen LogP contribution in [-0.4, -0.2) is 16.3 Å². The molecule has 80 valence electrons. The fourth-order valence-electron chi connectivity index (χ4n) is 1.33. The summed E-state index contributed by atoms with van der Waals surface area (Å²) in [5, 5.41) is 2.96. The molecule has 0 saturated carbocycles. The Morgan fingerprint density at radius 3 is 2.80 bits per heavy atom. The molecule has 1 atom stereocenters. The molecule has 0 saturated heterocycles. The summed E-state index contributed by atoms with van der Waals surface area (Å²) in [7, 11) is 0. The summed E-state index contributed by atoms with van der Waals surface area (Å²) >= 11 is 0. The number of hydrogen-bond acceptors (Lipinski definition) is 5. The molecule has 15 heavy (non-hydrogen) atoms. The molecule has 1 aliphatic rings. The Kier molecular flexibility index (Phi) is 2.19. The van der Waals surface area contributed by atoms with Crippen LogP contribution in [0.15, 0.2) is 11.2 Å². The third-order valence-corrected chi connectivity index (χ3v) is 2.29. The normalized spacial score (nSPS) is 19.6. The highest BCUT2D eigenvalue weighted by atomic mass is 15.1. The van der Waals surface area contributed by atoms with E-state index in [1.54, 1.807) is 12.5 Å². The number of nitrogens with one attached hydrogen (secondary N) is 1. The lowest BCUT2D eigenvalue weighted by Gasteiger charge is -2.21. The number of anilines is 1. The largest absolute Gasteiger partial charge is 0.330 e. The topological polar surface area (TPSA) is 76.2 Å². The van der Waals surface area contributed by atoms with Crippen molar-refractivity contribution in [1.29, 1.82) is 0 Å². The molecule has 2 heterocycles. The van der Waals surface area contributed by atoms with E-state index in [1.807, 2.05) is 0 Å². The number of nitrogens with two attached hydrogens (primary N) is 1. The number of hydrogen-bond donors (Lipinski definition) is 2. The highest BCUT2D eigenvalue weighted by molar-refractivity contribution is 5.77. The van der Waals surface area contributed by atoms with Crippen molar-refractivity contribution in [2.24, 2.45) is 10.7 Å². The van der Waals surface area contributed by atoms with E-state index in [0.717, 1.165) is 5.69 Å². The van der Waals surface area contributed by atoms with E-state index in [4.69, 9.17) is 5.73 Å². The van der Waals surface area contributed by atoms with E-state index in [9.17, 15) is 0 Å². The van der Waals surface area contributed by atoms with Crippen LogP contribution in [0.5, 0.6) is 0 Å². The van der Waals surface area contributed by atoms with Gasteiger partial charge in [0.1, 0.15) is 11.9 Å². The Morgan fingerprint density at radius 1 is 1.40 bits per heavy atom. The minimum Gasteiger partial charge on any atom is -0.330 e. The molecule has 5 nitrogen and oxygen atoms in total. The van der Waals surface area contributed by atoms with E-state index in [2.05, 4.69) is 41.0 Å². The minimum absolute atomic E-state index is 0.0115. The van der Waals surface area contributed by atoms with Crippen molar-refractivity contribution in [2.45, 2.75) is 32.4 Å². The molecule has 2 rings (SSSR count). The number of nitrogens with zero attached hydrogens (tertiary/aromatic N) is 3. The molecule has 1 unspecified atom stereocenters. The Hall–Kier alpha value is -1.49. The molecule has 1 aliphatic heterocycles. The van der Waals surface area contributed by atoms with Gasteiger partial charge in [-0.25, -0.2) is 4.98 Å². The van der Waals surface area contributed by atoms with Crippen molar-refractivity contribution in [2.75, 3.05) is 5.32 Å². The van der Waals surface area contributed by atoms with Crippen molar-refractivity contribution in [3.63, 3.8) is 0 Å². The van der Waals surface area contributed by atoms with E-state index < -0.39 is 6.17 Å². The van der Waals surface area contributed by atoms with E-state index >= 15 is 0 Å². The molecule has 5 heteroatoms. The van der Waals surface area contributed by atoms with Gasteiger partial charge in [0.15, 0.2) is 5.82 Å². The zero-order valence-electron chi connectivity index (χ0n) is 9.15. The van der Waals surface area contributed by atoms with Crippen LogP contribution < -0.4 is 11.1 Å². The lowest BCUT2D eigenvalue weighted by atomic mass is 9.92. The zero-order chi connectivity index (χ0) is 11.1. The first-order valence-corrected chi connectivity index (χ1v) is 4.89. The monoisotopic (exact) mass is 205 g/mol. The summed E-state index contributed by atoms with van der Waals surface area (Å²) in [5.41, 5.74) is 7.39. The quantitative estimate of drug-likeness (QED) is 0.667. The summed E-state index contributed by atoms with van der Waals surface area (Å²) in [6.45, 7) is 6.29. The van der Waals surface area contributed by atoms with Gasteiger partial charge in [-0.2, -0.15) is 0 Å². The van der Waals surface area contributed by atoms with Crippen molar-refractivity contribution in [3.05, 3.63) is 17.6 Å². The number of rotatable bonds is 0. The van der Waals surface area contributed by atoms with Gasteiger partial charge in [0, 0.05) is 11.6 Å². The predicted octanol–water partition coefficient (Wildman–Crippen LogP) is 1.19. The molecule has 0 aromatic carbocycles. The van der Waals surface area contributed by atoms with Crippen molar-refractivity contribution in [3.8, 4) is 0 Å². The molecular formula is C10H15N5. The third kappa shape index (κ3) is 1.83. The first kappa shape index (κ1) is 10.0. The van der Waals surface area contributed by atoms with Crippen molar-refractivity contribution < 1.29 is 0 Å². The Labute approximate surface area is 88.8 Å². The van der Waals surface area contributed by atoms with Gasteiger partial charge < -0.3 is 11.1 Å². The van der Waals surface area contributed by atoms with Gasteiger partial charge in [-0.1, -0.05) is 20.8 Å². The summed E-state index contributed by atoms with van der Waals surface area (Å²) in [5.74, 6) is 0.713. The first-order chi connectivity index (χ1) is 6.98. The van der Waals surface area contributed by atoms with Crippen LogP contribution in [-0.2, 0) is 5.41 Å². The molecule has 0 aliphatic carbocycles. The standard InChI is InChI=1S/C10H15N5/c1-10(2,3)6-4-12-7-8(11)13-5-14-9(7)15-6/h4-5,8H,11H2,1-3H3,(H,13,14,15). The fourth-order valence-corrected chi connectivity index (χ4v) is 1.33. The molecule has 0 amide bonds. The van der Waals surface area contributed by atoms with Crippen LogP contribution in [0, 0.1) is 0 Å². The summed E-state index contributed by atoms with van der Waals surface area (Å²) in [4.78, 5) is 12.8. The molecule has 0 spiro atoms. The summed E-state index contributed by atoms with van der Waals surface area (Å²) in [6.07, 6.45) is 2.93. The SMILES string of the molecule is CC(C)(C)c1cnc2c(n1)NC=NC2N. The number of fused-ring (bicyclic) bond motifs is 1. The molecule has 1 aromatic rings. The predicted molar refractivity (Wildman–Crippen MR) is 59.8 cm³/mol. The van der Waals surface area contributed by atoms with Gasteiger partial charge in [-0.15, -0.1) is 0 Å². The summed E-state index contributed by atoms with van der Waals surface area (Å²) < 4.78 is 0. The van der Waals surface area contributed by atoms with Crippen molar-refractivity contribution >= 4 is 12.2 Å². The molecule has 3 N–H and O–H groups in total. The maximum Gasteiger partial charge on any atom is 0.156 e. The first-order valence-electron chi connectivity index (χ1n) is 4.89. The maximum atomic E-state index is 5.77. The van der Waals surface area contributed by atoms with Crippen LogP contribution in [0.2, 0.25) is 0 Å². The van der Waals surface area contributed by atoms with Crippen LogP contribution >= 0.6 is 0 Å². The lowest BCUT2D eigenvalue weighted by Crippen LogP contribution is -2.22. The Morgan fingerprint density at radius 2 is 2.13 bits per heavy atom. The third-order valence-electron chi connectivity index (χ3n) is 2.29. The number of aromatic nitrogens is 2. The lowest BCUT2D eigenvalue weighted by molar-refractivity contribution is 0.562. The maximum absolute atomic E-state index is 5.77. The van der Waals surface area contributed by atoms with Gasteiger partial charge in [0.25, 0.3) is 0 Å². The van der Waals surface area contributed by atoms with Crippen LogP contribution in [0.25, 0.3) is 0 Å². The second kappa shape index (κ2) is 3.27. The van der Waals surface area contributed by atoms with E-state index in [0.29, 0.717) is 11.5 Å². The molecule has 0 fully saturated rings. The smallest absolute Gasteiger partial charge is 0.156 e. The van der Waals surface area contributed by atoms with Gasteiger partial charge >= 0.3 is 0 Å². The average Bonchev–Trinajstić information content (AvgIpc) is 2.16. The zero-order valence-corrected chi connectivity index (χ0v) is 9.15. The second-order valence-corrected chi connectivity index (χ2v) is 4.61. The van der Waals surface area contributed by atoms with Crippen LogP contribution in [0.4, 0.5) is 5.82 Å². The van der Waals surface area contributed by atoms with Gasteiger partial charge in [0.05, 0.1) is 12.0 Å². The Balaban J connectivity index is 2.45. The molecule has 0 bridgehead atoms. The second-order valence-electron chi connectivity index (χ2n) is 4.61. The van der Waals surface area contributed by atoms with Crippen molar-refractivity contribution in [1.82, 2.24) is 9.97 Å². The highest BCUT2D eigenvalue weighted by Crippen LogP contribution is 2.25. The number of aliphatic imine (C=N–C) groups is 1. The highest BCUT2D eigenvalue weighted by Gasteiger charge is 2.21. The molecular weight excluding hydrogens is 190 g/mol.